The summed E-state index contributed by atoms with van der Waals surface area (Å²) < 4.78 is 38.6. The Morgan fingerprint density at radius 2 is 1.36 bits per heavy atom. The first kappa shape index (κ1) is 33.7. The first-order valence-corrected chi connectivity index (χ1v) is 14.9. The van der Waals surface area contributed by atoms with E-state index in [0.717, 1.165) is 55.5 Å². The largest absolute Gasteiger partial charge is 0.542 e. The van der Waals surface area contributed by atoms with Crippen molar-refractivity contribution in [1.29, 1.82) is 0 Å². The zero-order chi connectivity index (χ0) is 32.5. The molecule has 240 valence electrons. The fourth-order valence-electron chi connectivity index (χ4n) is 6.11. The second-order valence-electron chi connectivity index (χ2n) is 11.6. The van der Waals surface area contributed by atoms with Crippen molar-refractivity contribution in [3.05, 3.63) is 108 Å². The summed E-state index contributed by atoms with van der Waals surface area (Å²) in [6, 6.07) is 28.0. The lowest BCUT2D eigenvalue weighted by Crippen LogP contribution is -2.65. The molecule has 3 fully saturated rings. The van der Waals surface area contributed by atoms with Crippen LogP contribution in [0, 0.1) is 5.92 Å². The Morgan fingerprint density at radius 1 is 0.867 bits per heavy atom. The number of carboxylic acid groups (broad SMARTS) is 1. The van der Waals surface area contributed by atoms with Gasteiger partial charge >= 0.3 is 12.1 Å². The molecule has 0 aromatic heterocycles. The van der Waals surface area contributed by atoms with Crippen molar-refractivity contribution in [2.75, 3.05) is 26.2 Å². The van der Waals surface area contributed by atoms with Crippen molar-refractivity contribution < 1.29 is 47.0 Å². The lowest BCUT2D eigenvalue weighted by molar-refractivity contribution is -0.946. The average Bonchev–Trinajstić information content (AvgIpc) is 3.05. The molecule has 0 saturated carbocycles. The van der Waals surface area contributed by atoms with Crippen LogP contribution in [-0.4, -0.2) is 65.9 Å². The highest BCUT2D eigenvalue weighted by Crippen LogP contribution is 2.38. The summed E-state index contributed by atoms with van der Waals surface area (Å²) in [5.41, 5.74) is 0.234. The molecule has 3 heterocycles. The van der Waals surface area contributed by atoms with Gasteiger partial charge in [0.15, 0.2) is 6.10 Å². The van der Waals surface area contributed by atoms with Crippen molar-refractivity contribution in [1.82, 2.24) is 5.32 Å². The smallest absolute Gasteiger partial charge is 0.430 e. The summed E-state index contributed by atoms with van der Waals surface area (Å²) in [5, 5.41) is 23.6. The number of nitrogens with one attached hydrogen (secondary N) is 1. The van der Waals surface area contributed by atoms with Crippen LogP contribution < -0.4 is 10.4 Å². The number of alkyl halides is 3. The van der Waals surface area contributed by atoms with Crippen LogP contribution in [0.3, 0.4) is 0 Å². The molecule has 1 amide bonds. The van der Waals surface area contributed by atoms with E-state index in [0.29, 0.717) is 30.0 Å². The molecule has 1 atom stereocenters. The fraction of sp³-hybridized carbons (Fsp3) is 0.382. The molecule has 2 bridgehead atoms. The van der Waals surface area contributed by atoms with E-state index in [-0.39, 0.29) is 12.0 Å². The Bertz CT molecular complexity index is 1370. The number of quaternary nitrogens is 1. The summed E-state index contributed by atoms with van der Waals surface area (Å²) in [4.78, 5) is 34.9. The third-order valence-electron chi connectivity index (χ3n) is 8.58. The van der Waals surface area contributed by atoms with Gasteiger partial charge in [-0.15, -0.1) is 0 Å². The van der Waals surface area contributed by atoms with E-state index in [2.05, 4.69) is 5.32 Å². The first-order valence-electron chi connectivity index (χ1n) is 14.9. The number of piperidine rings is 3. The summed E-state index contributed by atoms with van der Waals surface area (Å²) in [6.45, 7) is 4.27. The summed E-state index contributed by atoms with van der Waals surface area (Å²) in [5.74, 6) is -3.25. The van der Waals surface area contributed by atoms with Gasteiger partial charge in [0.25, 0.3) is 0 Å². The maximum atomic E-state index is 13.7. The zero-order valence-corrected chi connectivity index (χ0v) is 24.7. The number of carbonyl (C=O) groups is 3. The molecule has 2 N–H and O–H groups in total. The Kier molecular flexibility index (Phi) is 11.0. The fourth-order valence-corrected chi connectivity index (χ4v) is 6.11. The van der Waals surface area contributed by atoms with Gasteiger partial charge in [0.1, 0.15) is 12.5 Å². The van der Waals surface area contributed by atoms with Gasteiger partial charge in [-0.05, 0) is 16.7 Å². The molecule has 3 saturated heterocycles. The predicted molar refractivity (Wildman–Crippen MR) is 157 cm³/mol. The highest BCUT2D eigenvalue weighted by atomic mass is 19.4. The quantitative estimate of drug-likeness (QED) is 0.263. The third-order valence-corrected chi connectivity index (χ3v) is 8.58. The van der Waals surface area contributed by atoms with Gasteiger partial charge < -0.3 is 29.5 Å². The molecule has 11 heteroatoms. The Balaban J connectivity index is 0.000000591. The predicted octanol–water partition coefficient (Wildman–Crippen LogP) is 3.47. The second-order valence-corrected chi connectivity index (χ2v) is 11.6. The molecule has 6 rings (SSSR count). The van der Waals surface area contributed by atoms with E-state index in [9.17, 15) is 27.9 Å². The minimum atomic E-state index is -5.19. The van der Waals surface area contributed by atoms with Crippen molar-refractivity contribution in [3.8, 4) is 0 Å². The van der Waals surface area contributed by atoms with E-state index in [1.54, 1.807) is 24.3 Å². The molecular formula is C34H37F3N2O6. The van der Waals surface area contributed by atoms with Gasteiger partial charge in [-0.25, -0.2) is 4.79 Å². The van der Waals surface area contributed by atoms with E-state index in [1.807, 2.05) is 66.7 Å². The molecule has 3 aliphatic rings. The lowest BCUT2D eigenvalue weighted by atomic mass is 9.82. The Labute approximate surface area is 260 Å². The first-order chi connectivity index (χ1) is 21.4. The Hall–Kier alpha value is -4.22. The van der Waals surface area contributed by atoms with Crippen LogP contribution in [0.15, 0.2) is 91.0 Å². The molecule has 0 radical (unpaired) electrons. The monoisotopic (exact) mass is 626 g/mol. The molecule has 0 unspecified atom stereocenters. The minimum absolute atomic E-state index is 0.0673. The van der Waals surface area contributed by atoms with E-state index >= 15 is 0 Å². The van der Waals surface area contributed by atoms with Crippen molar-refractivity contribution in [2.45, 2.75) is 50.1 Å². The van der Waals surface area contributed by atoms with Crippen molar-refractivity contribution in [3.63, 3.8) is 0 Å². The van der Waals surface area contributed by atoms with E-state index < -0.39 is 23.7 Å². The van der Waals surface area contributed by atoms with Crippen molar-refractivity contribution in [2.24, 2.45) is 5.92 Å². The van der Waals surface area contributed by atoms with Crippen LogP contribution >= 0.6 is 0 Å². The number of carboxylic acids is 1. The zero-order valence-electron chi connectivity index (χ0n) is 24.7. The van der Waals surface area contributed by atoms with E-state index in [1.165, 1.54) is 0 Å². The standard InChI is InChI=1S/C32H36N2O4.C2HF3O2/c35-30(33-23-25-11-4-1-5-12-25)17-10-20-34-21-18-26(19-22-34)29(24-34)38-31(36)32(37,27-13-6-2-7-14-27)28-15-8-3-9-16-28;3-2(4,5)1(6)7/h1-9,11-16,26,29,37H,10,17-24H2;(H,6,7)/t26?,29-,34?;/m0./s1. The number of hydrogen-bond donors (Lipinski definition) is 2. The number of amides is 1. The molecule has 3 aromatic rings. The summed E-state index contributed by atoms with van der Waals surface area (Å²) in [7, 11) is 0. The SMILES string of the molecule is O=C(CCC[N+]12CCC(CC1)[C@@H](OC(=O)C(O)(c1ccccc1)c1ccccc1)C2)NCc1ccccc1.O=C([O-])C(F)(F)F. The number of halogens is 3. The number of ether oxygens (including phenoxy) is 1. The highest BCUT2D eigenvalue weighted by molar-refractivity contribution is 5.85. The number of fused-ring (bicyclic) bond motifs is 3. The van der Waals surface area contributed by atoms with Gasteiger partial charge in [-0.2, -0.15) is 13.2 Å². The molecule has 0 aliphatic carbocycles. The van der Waals surface area contributed by atoms with Gasteiger partial charge in [-0.1, -0.05) is 91.0 Å². The van der Waals surface area contributed by atoms with Crippen LogP contribution in [-0.2, 0) is 31.3 Å². The number of aliphatic carboxylic acids is 1. The number of esters is 1. The van der Waals surface area contributed by atoms with Crippen LogP contribution in [0.1, 0.15) is 42.4 Å². The maximum absolute atomic E-state index is 13.7. The molecule has 3 aromatic carbocycles. The van der Waals surface area contributed by atoms with Gasteiger partial charge in [-0.3, -0.25) is 4.79 Å². The topological polar surface area (TPSA) is 116 Å². The van der Waals surface area contributed by atoms with E-state index in [4.69, 9.17) is 14.6 Å². The molecule has 45 heavy (non-hydrogen) atoms. The number of benzene rings is 3. The summed E-state index contributed by atoms with van der Waals surface area (Å²) in [6.07, 6.45) is -2.16. The average molecular weight is 627 g/mol. The number of carbonyl (C=O) groups excluding carboxylic acids is 3. The normalized spacial score (nSPS) is 20.8. The van der Waals surface area contributed by atoms with Gasteiger partial charge in [0, 0.05) is 38.1 Å². The third kappa shape index (κ3) is 8.70. The summed E-state index contributed by atoms with van der Waals surface area (Å²) >= 11 is 0. The van der Waals surface area contributed by atoms with Gasteiger partial charge in [0.05, 0.1) is 19.6 Å². The Morgan fingerprint density at radius 3 is 1.84 bits per heavy atom. The lowest BCUT2D eigenvalue weighted by Gasteiger charge is -2.52. The maximum Gasteiger partial charge on any atom is 0.430 e. The molecule has 3 aliphatic heterocycles. The second kappa shape index (κ2) is 14.7. The number of hydrogen-bond acceptors (Lipinski definition) is 6. The van der Waals surface area contributed by atoms with Crippen LogP contribution in [0.5, 0.6) is 0 Å². The molecular weight excluding hydrogens is 589 g/mol. The van der Waals surface area contributed by atoms with Crippen LogP contribution in [0.2, 0.25) is 0 Å². The number of aliphatic hydroxyl groups is 1. The van der Waals surface area contributed by atoms with Crippen molar-refractivity contribution >= 4 is 17.8 Å². The van der Waals surface area contributed by atoms with Gasteiger partial charge in [0.2, 0.25) is 11.5 Å². The number of rotatable bonds is 10. The van der Waals surface area contributed by atoms with Crippen LogP contribution in [0.4, 0.5) is 13.2 Å². The number of nitrogens with zero attached hydrogens (tertiary/aromatic N) is 1. The molecule has 8 nitrogen and oxygen atoms in total. The highest BCUT2D eigenvalue weighted by Gasteiger charge is 2.50. The molecule has 0 spiro atoms. The van der Waals surface area contributed by atoms with Crippen LogP contribution in [0.25, 0.3) is 0 Å². The minimum Gasteiger partial charge on any atom is -0.542 e.